The maximum atomic E-state index is 12.9. The van der Waals surface area contributed by atoms with Crippen LogP contribution in [0.15, 0.2) is 55.1 Å². The molecule has 4 unspecified atom stereocenters. The fourth-order valence-corrected chi connectivity index (χ4v) is 5.74. The number of hydrogen-bond acceptors (Lipinski definition) is 1. The zero-order valence-corrected chi connectivity index (χ0v) is 17.7. The van der Waals surface area contributed by atoms with E-state index in [0.717, 1.165) is 24.9 Å². The predicted octanol–water partition coefficient (Wildman–Crippen LogP) is 6.57. The minimum Gasteiger partial charge on any atom is -0.338 e. The first-order chi connectivity index (χ1) is 13.5. The van der Waals surface area contributed by atoms with Crippen molar-refractivity contribution in [2.24, 2.45) is 11.8 Å². The first-order valence-electron chi connectivity index (χ1n) is 9.59. The molecule has 1 saturated carbocycles. The zero-order valence-electron chi connectivity index (χ0n) is 15.5. The van der Waals surface area contributed by atoms with Crippen molar-refractivity contribution in [2.75, 3.05) is 13.1 Å². The Bertz CT molecular complexity index is 895. The lowest BCUT2D eigenvalue weighted by Crippen LogP contribution is -2.32. The summed E-state index contributed by atoms with van der Waals surface area (Å²) in [5.74, 6) is 1.00. The van der Waals surface area contributed by atoms with Gasteiger partial charge in [-0.25, -0.2) is 0 Å². The summed E-state index contributed by atoms with van der Waals surface area (Å²) in [6.45, 7) is 5.16. The minimum absolute atomic E-state index is 0.0583. The van der Waals surface area contributed by atoms with Gasteiger partial charge in [0.1, 0.15) is 0 Å². The van der Waals surface area contributed by atoms with Gasteiger partial charge in [-0.15, -0.1) is 6.58 Å². The molecule has 28 heavy (non-hydrogen) atoms. The van der Waals surface area contributed by atoms with Crippen LogP contribution in [0.3, 0.4) is 0 Å². The van der Waals surface area contributed by atoms with E-state index in [0.29, 0.717) is 21.6 Å². The second-order valence-electron chi connectivity index (χ2n) is 7.73. The van der Waals surface area contributed by atoms with Crippen LogP contribution in [0, 0.1) is 11.8 Å². The third-order valence-electron chi connectivity index (χ3n) is 6.23. The Morgan fingerprint density at radius 2 is 1.68 bits per heavy atom. The van der Waals surface area contributed by atoms with Gasteiger partial charge in [0.15, 0.2) is 0 Å². The topological polar surface area (TPSA) is 20.3 Å². The molecule has 4 rings (SSSR count). The smallest absolute Gasteiger partial charge is 0.226 e. The molecular formula is C23H22Cl3NO. The van der Waals surface area contributed by atoms with Crippen molar-refractivity contribution in [2.45, 2.75) is 24.7 Å². The van der Waals surface area contributed by atoms with Gasteiger partial charge in [-0.1, -0.05) is 59.1 Å². The number of nitrogens with zero attached hydrogens (tertiary/aromatic N) is 1. The number of carbonyl (C=O) groups is 1. The van der Waals surface area contributed by atoms with Crippen molar-refractivity contribution in [3.8, 4) is 0 Å². The number of benzene rings is 2. The Labute approximate surface area is 181 Å². The molecule has 0 spiro atoms. The summed E-state index contributed by atoms with van der Waals surface area (Å²) in [5.41, 5.74) is 2.32. The molecule has 146 valence electrons. The molecule has 4 atom stereocenters. The molecule has 2 nitrogen and oxygen atoms in total. The number of rotatable bonds is 4. The van der Waals surface area contributed by atoms with Crippen LogP contribution in [0.5, 0.6) is 0 Å². The van der Waals surface area contributed by atoms with Gasteiger partial charge < -0.3 is 4.90 Å². The molecule has 0 bridgehead atoms. The van der Waals surface area contributed by atoms with Crippen molar-refractivity contribution >= 4 is 40.7 Å². The fourth-order valence-electron chi connectivity index (χ4n) is 5.06. The molecule has 0 N–H and O–H groups in total. The van der Waals surface area contributed by atoms with Crippen molar-refractivity contribution in [3.05, 3.63) is 81.3 Å². The van der Waals surface area contributed by atoms with E-state index in [2.05, 4.69) is 18.7 Å². The van der Waals surface area contributed by atoms with E-state index in [-0.39, 0.29) is 29.6 Å². The van der Waals surface area contributed by atoms with Gasteiger partial charge in [-0.2, -0.15) is 0 Å². The van der Waals surface area contributed by atoms with E-state index in [1.54, 1.807) is 6.08 Å². The van der Waals surface area contributed by atoms with Gasteiger partial charge >= 0.3 is 0 Å². The van der Waals surface area contributed by atoms with Crippen LogP contribution in [0.4, 0.5) is 0 Å². The standard InChI is InChI=1S/C23H22Cl3NO/c1-2-11-27-13-20-19(23(27)28)10-9-18(17-8-7-16(25)12-21(17)26)22(20)14-3-5-15(24)6-4-14/h2-8,12,18-20,22H,1,9-11,13H2. The normalized spacial score (nSPS) is 27.0. The second kappa shape index (κ2) is 8.10. The number of carbonyl (C=O) groups excluding carboxylic acids is 1. The number of halogens is 3. The quantitative estimate of drug-likeness (QED) is 0.498. The molecule has 2 aromatic rings. The highest BCUT2D eigenvalue weighted by Gasteiger charge is 2.49. The van der Waals surface area contributed by atoms with Crippen molar-refractivity contribution in [3.63, 3.8) is 0 Å². The molecule has 1 aliphatic heterocycles. The summed E-state index contributed by atoms with van der Waals surface area (Å²) in [5, 5.41) is 2.05. The second-order valence-corrected chi connectivity index (χ2v) is 9.01. The monoisotopic (exact) mass is 433 g/mol. The van der Waals surface area contributed by atoms with E-state index < -0.39 is 0 Å². The summed E-state index contributed by atoms with van der Waals surface area (Å²) in [6.07, 6.45) is 3.61. The Kier molecular flexibility index (Phi) is 5.73. The lowest BCUT2D eigenvalue weighted by molar-refractivity contribution is -0.131. The van der Waals surface area contributed by atoms with Crippen LogP contribution >= 0.6 is 34.8 Å². The predicted molar refractivity (Wildman–Crippen MR) is 116 cm³/mol. The highest BCUT2D eigenvalue weighted by molar-refractivity contribution is 6.35. The lowest BCUT2D eigenvalue weighted by atomic mass is 9.63. The minimum atomic E-state index is 0.0583. The van der Waals surface area contributed by atoms with Crippen LogP contribution in [-0.2, 0) is 4.79 Å². The van der Waals surface area contributed by atoms with Crippen LogP contribution in [-0.4, -0.2) is 23.9 Å². The average molecular weight is 435 g/mol. The first-order valence-corrected chi connectivity index (χ1v) is 10.7. The molecule has 1 heterocycles. The summed E-state index contributed by atoms with van der Waals surface area (Å²) < 4.78 is 0. The van der Waals surface area contributed by atoms with Gasteiger partial charge in [0.2, 0.25) is 5.91 Å². The van der Waals surface area contributed by atoms with E-state index in [1.165, 1.54) is 5.56 Å². The Morgan fingerprint density at radius 3 is 2.36 bits per heavy atom. The fraction of sp³-hybridized carbons (Fsp3) is 0.348. The average Bonchev–Trinajstić information content (AvgIpc) is 2.98. The molecule has 1 amide bonds. The van der Waals surface area contributed by atoms with Crippen LogP contribution in [0.2, 0.25) is 15.1 Å². The molecule has 1 saturated heterocycles. The molecule has 2 aromatic carbocycles. The van der Waals surface area contributed by atoms with E-state index in [4.69, 9.17) is 34.8 Å². The van der Waals surface area contributed by atoms with Crippen LogP contribution < -0.4 is 0 Å². The lowest BCUT2D eigenvalue weighted by Gasteiger charge is -2.40. The van der Waals surface area contributed by atoms with Crippen molar-refractivity contribution in [1.29, 1.82) is 0 Å². The molecule has 2 fully saturated rings. The number of likely N-dealkylation sites (tertiary alicyclic amines) is 1. The highest BCUT2D eigenvalue weighted by atomic mass is 35.5. The molecule has 0 aromatic heterocycles. The summed E-state index contributed by atoms with van der Waals surface area (Å²) >= 11 is 18.9. The van der Waals surface area contributed by atoms with Gasteiger partial charge in [0.25, 0.3) is 0 Å². The van der Waals surface area contributed by atoms with Gasteiger partial charge in [-0.05, 0) is 66.0 Å². The van der Waals surface area contributed by atoms with E-state index in [1.807, 2.05) is 35.2 Å². The van der Waals surface area contributed by atoms with Gasteiger partial charge in [0, 0.05) is 34.1 Å². The number of amides is 1. The van der Waals surface area contributed by atoms with Crippen LogP contribution in [0.1, 0.15) is 35.8 Å². The molecular weight excluding hydrogens is 413 g/mol. The largest absolute Gasteiger partial charge is 0.338 e. The molecule has 2 aliphatic rings. The third kappa shape index (κ3) is 3.58. The van der Waals surface area contributed by atoms with E-state index >= 15 is 0 Å². The number of fused-ring (bicyclic) bond motifs is 1. The number of hydrogen-bond donors (Lipinski definition) is 0. The van der Waals surface area contributed by atoms with E-state index in [9.17, 15) is 4.79 Å². The maximum absolute atomic E-state index is 12.9. The summed E-state index contributed by atoms with van der Waals surface area (Å²) in [6, 6.07) is 13.8. The third-order valence-corrected chi connectivity index (χ3v) is 7.04. The van der Waals surface area contributed by atoms with Crippen LogP contribution in [0.25, 0.3) is 0 Å². The zero-order chi connectivity index (χ0) is 19.8. The van der Waals surface area contributed by atoms with Gasteiger partial charge in [0.05, 0.1) is 0 Å². The van der Waals surface area contributed by atoms with Crippen molar-refractivity contribution in [1.82, 2.24) is 4.90 Å². The summed E-state index contributed by atoms with van der Waals surface area (Å²) in [7, 11) is 0. The summed E-state index contributed by atoms with van der Waals surface area (Å²) in [4.78, 5) is 14.9. The van der Waals surface area contributed by atoms with Crippen molar-refractivity contribution < 1.29 is 4.79 Å². The maximum Gasteiger partial charge on any atom is 0.226 e. The molecule has 1 aliphatic carbocycles. The SMILES string of the molecule is C=CCN1CC2C(CCC(c3ccc(Cl)cc3Cl)C2c2ccc(Cl)cc2)C1=O. The molecule has 0 radical (unpaired) electrons. The highest BCUT2D eigenvalue weighted by Crippen LogP contribution is 2.53. The first kappa shape index (κ1) is 19.8. The Balaban J connectivity index is 1.77. The Morgan fingerprint density at radius 1 is 1.00 bits per heavy atom. The molecule has 5 heteroatoms. The van der Waals surface area contributed by atoms with Gasteiger partial charge in [-0.3, -0.25) is 4.79 Å². The Hall–Kier alpha value is -1.48.